The Morgan fingerprint density at radius 1 is 0.900 bits per heavy atom. The van der Waals surface area contributed by atoms with E-state index in [1.54, 1.807) is 13.2 Å². The third-order valence-corrected chi connectivity index (χ3v) is 3.32. The van der Waals surface area contributed by atoms with Crippen LogP contribution in [0.15, 0.2) is 42.5 Å². The minimum atomic E-state index is 0.637. The van der Waals surface area contributed by atoms with Gasteiger partial charge in [0.25, 0.3) is 0 Å². The van der Waals surface area contributed by atoms with Gasteiger partial charge in [-0.2, -0.15) is 0 Å². The lowest BCUT2D eigenvalue weighted by molar-refractivity contribution is 0.185. The van der Waals surface area contributed by atoms with Crippen LogP contribution >= 0.6 is 23.2 Å². The number of halogens is 2. The zero-order valence-corrected chi connectivity index (χ0v) is 12.8. The summed E-state index contributed by atoms with van der Waals surface area (Å²) in [6.07, 6.45) is 0. The molecule has 2 aromatic rings. The van der Waals surface area contributed by atoms with Crippen LogP contribution in [0.2, 0.25) is 10.0 Å². The molecule has 0 aliphatic carbocycles. The normalized spacial score (nSPS) is 10.8. The Morgan fingerprint density at radius 2 is 1.55 bits per heavy atom. The van der Waals surface area contributed by atoms with Crippen LogP contribution < -0.4 is 5.32 Å². The summed E-state index contributed by atoms with van der Waals surface area (Å²) in [6.45, 7) is 2.16. The minimum absolute atomic E-state index is 0.637. The second kappa shape index (κ2) is 7.65. The molecule has 4 heteroatoms. The van der Waals surface area contributed by atoms with Gasteiger partial charge in [-0.15, -0.1) is 0 Å². The molecule has 0 aromatic heterocycles. The third-order valence-electron chi connectivity index (χ3n) is 2.88. The van der Waals surface area contributed by atoms with E-state index in [4.69, 9.17) is 27.9 Å². The van der Waals surface area contributed by atoms with E-state index in [9.17, 15) is 0 Å². The molecule has 106 valence electrons. The van der Waals surface area contributed by atoms with Crippen LogP contribution in [0.25, 0.3) is 0 Å². The molecule has 20 heavy (non-hydrogen) atoms. The van der Waals surface area contributed by atoms with Crippen LogP contribution in [0.4, 0.5) is 0 Å². The van der Waals surface area contributed by atoms with E-state index in [0.29, 0.717) is 16.7 Å². The molecule has 0 spiro atoms. The number of ether oxygens (including phenoxy) is 1. The van der Waals surface area contributed by atoms with Gasteiger partial charge >= 0.3 is 0 Å². The number of hydrogen-bond acceptors (Lipinski definition) is 2. The first-order chi connectivity index (χ1) is 9.67. The van der Waals surface area contributed by atoms with E-state index >= 15 is 0 Å². The Hall–Kier alpha value is -1.06. The van der Waals surface area contributed by atoms with Gasteiger partial charge in [-0.05, 0) is 34.9 Å². The van der Waals surface area contributed by atoms with Gasteiger partial charge in [0.15, 0.2) is 0 Å². The molecular formula is C16H17Cl2NO. The summed E-state index contributed by atoms with van der Waals surface area (Å²) in [5.41, 5.74) is 3.49. The van der Waals surface area contributed by atoms with Crippen molar-refractivity contribution in [3.63, 3.8) is 0 Å². The Bertz CT molecular complexity index is 552. The van der Waals surface area contributed by atoms with Crippen molar-refractivity contribution in [2.75, 3.05) is 7.11 Å². The fourth-order valence-electron chi connectivity index (χ4n) is 2.06. The van der Waals surface area contributed by atoms with Crippen molar-refractivity contribution in [3.8, 4) is 0 Å². The van der Waals surface area contributed by atoms with Crippen LogP contribution in [0.3, 0.4) is 0 Å². The van der Waals surface area contributed by atoms with Crippen molar-refractivity contribution in [1.29, 1.82) is 0 Å². The molecule has 2 nitrogen and oxygen atoms in total. The molecule has 0 aliphatic heterocycles. The molecular weight excluding hydrogens is 293 g/mol. The molecule has 2 rings (SSSR count). The number of methoxy groups -OCH3 is 1. The minimum Gasteiger partial charge on any atom is -0.380 e. The molecule has 0 heterocycles. The first kappa shape index (κ1) is 15.3. The highest BCUT2D eigenvalue weighted by atomic mass is 35.5. The van der Waals surface area contributed by atoms with Crippen LogP contribution in [0.5, 0.6) is 0 Å². The van der Waals surface area contributed by atoms with Gasteiger partial charge < -0.3 is 10.1 Å². The van der Waals surface area contributed by atoms with E-state index in [2.05, 4.69) is 23.5 Å². The number of benzene rings is 2. The molecule has 2 aromatic carbocycles. The van der Waals surface area contributed by atoms with E-state index in [-0.39, 0.29) is 0 Å². The lowest BCUT2D eigenvalue weighted by Gasteiger charge is -2.08. The van der Waals surface area contributed by atoms with Crippen molar-refractivity contribution in [2.45, 2.75) is 19.7 Å². The molecule has 0 radical (unpaired) electrons. The molecule has 0 fully saturated rings. The van der Waals surface area contributed by atoms with Crippen LogP contribution in [0.1, 0.15) is 16.7 Å². The molecule has 0 saturated carbocycles. The summed E-state index contributed by atoms with van der Waals surface area (Å²) >= 11 is 12.0. The average molecular weight is 310 g/mol. The second-order valence-corrected chi connectivity index (χ2v) is 5.51. The van der Waals surface area contributed by atoms with Crippen LogP contribution in [-0.2, 0) is 24.4 Å². The van der Waals surface area contributed by atoms with Gasteiger partial charge in [-0.25, -0.2) is 0 Å². The van der Waals surface area contributed by atoms with Gasteiger partial charge in [0.05, 0.1) is 6.61 Å². The predicted molar refractivity (Wildman–Crippen MR) is 84.2 cm³/mol. The summed E-state index contributed by atoms with van der Waals surface area (Å²) in [6, 6.07) is 13.9. The van der Waals surface area contributed by atoms with Crippen molar-refractivity contribution >= 4 is 23.2 Å². The van der Waals surface area contributed by atoms with E-state index in [0.717, 1.165) is 18.7 Å². The summed E-state index contributed by atoms with van der Waals surface area (Å²) in [5.74, 6) is 0. The highest BCUT2D eigenvalue weighted by Crippen LogP contribution is 2.19. The van der Waals surface area contributed by atoms with Gasteiger partial charge in [0.2, 0.25) is 0 Å². The van der Waals surface area contributed by atoms with Gasteiger partial charge in [0.1, 0.15) is 0 Å². The third kappa shape index (κ3) is 4.80. The highest BCUT2D eigenvalue weighted by molar-refractivity contribution is 6.34. The van der Waals surface area contributed by atoms with Crippen molar-refractivity contribution in [3.05, 3.63) is 69.2 Å². The molecule has 0 atom stereocenters. The predicted octanol–water partition coefficient (Wildman–Crippen LogP) is 4.43. The number of hydrogen-bond donors (Lipinski definition) is 1. The van der Waals surface area contributed by atoms with Crippen molar-refractivity contribution in [1.82, 2.24) is 5.32 Å². The van der Waals surface area contributed by atoms with E-state index in [1.165, 1.54) is 11.1 Å². The SMILES string of the molecule is COCc1cccc(CNCc2cc(Cl)cc(Cl)c2)c1. The Labute approximate surface area is 129 Å². The van der Waals surface area contributed by atoms with Gasteiger partial charge in [-0.3, -0.25) is 0 Å². The standard InChI is InChI=1S/C16H17Cl2NO/c1-20-11-13-4-2-3-12(5-13)9-19-10-14-6-15(17)8-16(18)7-14/h2-8,19H,9-11H2,1H3. The molecule has 0 amide bonds. The maximum atomic E-state index is 5.98. The maximum Gasteiger partial charge on any atom is 0.0713 e. The summed E-state index contributed by atoms with van der Waals surface area (Å²) in [5, 5.41) is 4.71. The zero-order chi connectivity index (χ0) is 14.4. The smallest absolute Gasteiger partial charge is 0.0713 e. The van der Waals surface area contributed by atoms with Crippen molar-refractivity contribution in [2.24, 2.45) is 0 Å². The monoisotopic (exact) mass is 309 g/mol. The molecule has 0 aliphatic rings. The number of nitrogens with one attached hydrogen (secondary N) is 1. The fraction of sp³-hybridized carbons (Fsp3) is 0.250. The Kier molecular flexibility index (Phi) is 5.86. The quantitative estimate of drug-likeness (QED) is 0.852. The Balaban J connectivity index is 1.90. The van der Waals surface area contributed by atoms with Crippen LogP contribution in [0, 0.1) is 0 Å². The molecule has 0 bridgehead atoms. The summed E-state index contributed by atoms with van der Waals surface area (Å²) in [7, 11) is 1.70. The van der Waals surface area contributed by atoms with E-state index in [1.807, 2.05) is 18.2 Å². The second-order valence-electron chi connectivity index (χ2n) is 4.63. The lowest BCUT2D eigenvalue weighted by atomic mass is 10.1. The summed E-state index contributed by atoms with van der Waals surface area (Å²) in [4.78, 5) is 0. The average Bonchev–Trinajstić information content (AvgIpc) is 2.38. The largest absolute Gasteiger partial charge is 0.380 e. The Morgan fingerprint density at radius 3 is 2.25 bits per heavy atom. The maximum absolute atomic E-state index is 5.98. The summed E-state index contributed by atoms with van der Waals surface area (Å²) < 4.78 is 5.13. The lowest BCUT2D eigenvalue weighted by Crippen LogP contribution is -2.12. The van der Waals surface area contributed by atoms with Crippen molar-refractivity contribution < 1.29 is 4.74 Å². The van der Waals surface area contributed by atoms with Gasteiger partial charge in [-0.1, -0.05) is 47.5 Å². The first-order valence-electron chi connectivity index (χ1n) is 6.40. The molecule has 0 unspecified atom stereocenters. The first-order valence-corrected chi connectivity index (χ1v) is 7.15. The van der Waals surface area contributed by atoms with Gasteiger partial charge in [0, 0.05) is 30.2 Å². The molecule has 0 saturated heterocycles. The number of rotatable bonds is 6. The molecule has 1 N–H and O–H groups in total. The zero-order valence-electron chi connectivity index (χ0n) is 11.3. The van der Waals surface area contributed by atoms with Crippen LogP contribution in [-0.4, -0.2) is 7.11 Å². The van der Waals surface area contributed by atoms with E-state index < -0.39 is 0 Å². The fourth-order valence-corrected chi connectivity index (χ4v) is 2.63. The topological polar surface area (TPSA) is 21.3 Å². The highest BCUT2D eigenvalue weighted by Gasteiger charge is 1.99.